The zero-order chi connectivity index (χ0) is 21.5. The van der Waals surface area contributed by atoms with Gasteiger partial charge in [0.15, 0.2) is 0 Å². The molecule has 176 valence electrons. The second-order valence-corrected chi connectivity index (χ2v) is 10.8. The van der Waals surface area contributed by atoms with E-state index >= 15 is 0 Å². The fourth-order valence-corrected chi connectivity index (χ4v) is 7.76. The molecule has 0 radical (unpaired) electrons. The highest BCUT2D eigenvalue weighted by molar-refractivity contribution is 5.88. The predicted octanol–water partition coefficient (Wildman–Crippen LogP) is 3.71. The lowest BCUT2D eigenvalue weighted by Crippen LogP contribution is -2.58. The molecular weight excluding hydrogens is 414 g/mol. The van der Waals surface area contributed by atoms with E-state index in [2.05, 4.69) is 24.3 Å². The fraction of sp³-hybridized carbons (Fsp3) is 0.875. The molecule has 4 aliphatic carbocycles. The number of oxime groups is 1. The van der Waals surface area contributed by atoms with Crippen LogP contribution in [0.5, 0.6) is 0 Å². The summed E-state index contributed by atoms with van der Waals surface area (Å²) in [5, 5.41) is 7.55. The van der Waals surface area contributed by atoms with Gasteiger partial charge >= 0.3 is 0 Å². The van der Waals surface area contributed by atoms with Crippen LogP contribution in [-0.2, 0) is 14.4 Å². The lowest BCUT2D eigenvalue weighted by Gasteiger charge is -2.61. The molecule has 0 aliphatic heterocycles. The van der Waals surface area contributed by atoms with E-state index in [1.165, 1.54) is 0 Å². The van der Waals surface area contributed by atoms with Gasteiger partial charge in [-0.1, -0.05) is 19.0 Å². The fourth-order valence-electron chi connectivity index (χ4n) is 7.76. The molecule has 1 amide bonds. The van der Waals surface area contributed by atoms with Crippen LogP contribution < -0.4 is 11.1 Å². The molecule has 31 heavy (non-hydrogen) atoms. The minimum atomic E-state index is -0.172. The summed E-state index contributed by atoms with van der Waals surface area (Å²) in [5.41, 5.74) is 6.98. The smallest absolute Gasteiger partial charge is 0.220 e. The van der Waals surface area contributed by atoms with Crippen LogP contribution in [0.15, 0.2) is 5.16 Å². The van der Waals surface area contributed by atoms with Crippen molar-refractivity contribution < 1.29 is 14.4 Å². The lowest BCUT2D eigenvalue weighted by atomic mass is 9.43. The van der Waals surface area contributed by atoms with Crippen LogP contribution in [0.2, 0.25) is 0 Å². The van der Waals surface area contributed by atoms with E-state index in [0.29, 0.717) is 36.6 Å². The summed E-state index contributed by atoms with van der Waals surface area (Å²) in [7, 11) is 1.93. The zero-order valence-corrected chi connectivity index (χ0v) is 20.1. The Balaban J connectivity index is 0.00000272. The van der Waals surface area contributed by atoms with Crippen LogP contribution in [0.25, 0.3) is 0 Å². The molecule has 0 unspecified atom stereocenters. The summed E-state index contributed by atoms with van der Waals surface area (Å²) in [4.78, 5) is 30.8. The van der Waals surface area contributed by atoms with Crippen molar-refractivity contribution in [3.8, 4) is 0 Å². The average Bonchev–Trinajstić information content (AvgIpc) is 3.02. The third-order valence-corrected chi connectivity index (χ3v) is 9.48. The van der Waals surface area contributed by atoms with Crippen molar-refractivity contribution in [2.75, 3.05) is 20.2 Å². The zero-order valence-electron chi connectivity index (χ0n) is 19.3. The van der Waals surface area contributed by atoms with Gasteiger partial charge in [0.1, 0.15) is 12.4 Å². The third kappa shape index (κ3) is 4.15. The number of carbonyl (C=O) groups excluding carboxylic acids is 2. The first-order valence-electron chi connectivity index (χ1n) is 12.0. The lowest BCUT2D eigenvalue weighted by molar-refractivity contribution is -0.150. The number of carbonyl (C=O) groups is 2. The van der Waals surface area contributed by atoms with Crippen LogP contribution in [-0.4, -0.2) is 37.6 Å². The number of nitrogens with zero attached hydrogens (tertiary/aromatic N) is 1. The Labute approximate surface area is 192 Å². The van der Waals surface area contributed by atoms with Crippen LogP contribution in [0.4, 0.5) is 0 Å². The van der Waals surface area contributed by atoms with Gasteiger partial charge in [-0.05, 0) is 94.0 Å². The molecule has 7 heteroatoms. The number of hydrogen-bond acceptors (Lipinski definition) is 5. The molecular formula is C24H40ClN3O3. The number of nitrogens with two attached hydrogens (primary N) is 1. The van der Waals surface area contributed by atoms with Crippen LogP contribution in [0.3, 0.4) is 0 Å². The van der Waals surface area contributed by atoms with Gasteiger partial charge in [0.25, 0.3) is 0 Å². The van der Waals surface area contributed by atoms with Crippen molar-refractivity contribution in [2.24, 2.45) is 51.3 Å². The van der Waals surface area contributed by atoms with Gasteiger partial charge in [0.05, 0.1) is 5.71 Å². The van der Waals surface area contributed by atoms with E-state index < -0.39 is 0 Å². The second-order valence-electron chi connectivity index (χ2n) is 10.8. The molecule has 4 rings (SSSR count). The number of ketones is 1. The SMILES string of the molecule is CNCCCO/N=C1\CC[C@@]2(C)[C@H](C1)[C@@H](C(N)=O)C[C@@H]1[C@@H]2CC[C@]2(C)C(=O)CC[C@@H]12.Cl. The number of fused-ring (bicyclic) bond motifs is 5. The molecule has 4 saturated carbocycles. The molecule has 0 bridgehead atoms. The van der Waals surface area contributed by atoms with Gasteiger partial charge in [-0.3, -0.25) is 9.59 Å². The summed E-state index contributed by atoms with van der Waals surface area (Å²) in [6.45, 7) is 6.12. The Bertz CT molecular complexity index is 729. The Morgan fingerprint density at radius 2 is 1.97 bits per heavy atom. The quantitative estimate of drug-likeness (QED) is 0.473. The first-order chi connectivity index (χ1) is 14.3. The third-order valence-electron chi connectivity index (χ3n) is 9.48. The largest absolute Gasteiger partial charge is 0.396 e. The number of hydrogen-bond donors (Lipinski definition) is 2. The molecule has 0 aromatic heterocycles. The Morgan fingerprint density at radius 3 is 2.68 bits per heavy atom. The van der Waals surface area contributed by atoms with Crippen molar-refractivity contribution in [3.05, 3.63) is 0 Å². The summed E-state index contributed by atoms with van der Waals surface area (Å²) in [6, 6.07) is 0. The van der Waals surface area contributed by atoms with Crippen LogP contribution in [0.1, 0.15) is 71.6 Å². The maximum absolute atomic E-state index is 12.7. The number of rotatable bonds is 6. The molecule has 4 aliphatic rings. The number of amides is 1. The van der Waals surface area contributed by atoms with Gasteiger partial charge in [-0.25, -0.2) is 0 Å². The minimum absolute atomic E-state index is 0. The number of halogens is 1. The first kappa shape index (κ1) is 24.5. The molecule has 0 spiro atoms. The number of Topliss-reactive ketones (excluding diaryl/α,β-unsaturated/α-hetero) is 1. The van der Waals surface area contributed by atoms with E-state index in [1.54, 1.807) is 0 Å². The van der Waals surface area contributed by atoms with Gasteiger partial charge < -0.3 is 15.9 Å². The van der Waals surface area contributed by atoms with Crippen molar-refractivity contribution >= 4 is 29.8 Å². The van der Waals surface area contributed by atoms with Crippen molar-refractivity contribution in [3.63, 3.8) is 0 Å². The van der Waals surface area contributed by atoms with Gasteiger partial charge in [-0.2, -0.15) is 0 Å². The molecule has 0 saturated heterocycles. The standard InChI is InChI=1S/C24H39N3O3.ClH/c1-23-9-7-15(27-30-12-4-11-26-3)13-20(23)17(22(25)29)14-16-18-5-6-21(28)24(18,2)10-8-19(16)23;/h16-20,26H,4-14H2,1-3H3,(H2,25,29);1H/b27-15+;/t16-,17-,18-,19-,20+,23+,24-;/m0./s1. The predicted molar refractivity (Wildman–Crippen MR) is 124 cm³/mol. The normalized spacial score (nSPS) is 42.9. The van der Waals surface area contributed by atoms with Crippen molar-refractivity contribution in [2.45, 2.75) is 71.6 Å². The maximum atomic E-state index is 12.7. The Hall–Kier alpha value is -1.14. The van der Waals surface area contributed by atoms with Gasteiger partial charge in [-0.15, -0.1) is 12.4 Å². The van der Waals surface area contributed by atoms with Gasteiger partial charge in [0, 0.05) is 17.8 Å². The number of nitrogens with one attached hydrogen (secondary N) is 1. The van der Waals surface area contributed by atoms with E-state index in [9.17, 15) is 9.59 Å². The highest BCUT2D eigenvalue weighted by atomic mass is 35.5. The highest BCUT2D eigenvalue weighted by Crippen LogP contribution is 2.66. The summed E-state index contributed by atoms with van der Waals surface area (Å²) in [6.07, 6.45) is 8.41. The van der Waals surface area contributed by atoms with Crippen molar-refractivity contribution in [1.82, 2.24) is 5.32 Å². The van der Waals surface area contributed by atoms with E-state index in [4.69, 9.17) is 10.6 Å². The second kappa shape index (κ2) is 9.38. The Morgan fingerprint density at radius 1 is 1.19 bits per heavy atom. The average molecular weight is 454 g/mol. The molecule has 3 N–H and O–H groups in total. The van der Waals surface area contributed by atoms with Crippen molar-refractivity contribution in [1.29, 1.82) is 0 Å². The molecule has 7 atom stereocenters. The van der Waals surface area contributed by atoms with Gasteiger partial charge in [0.2, 0.25) is 5.91 Å². The summed E-state index contributed by atoms with van der Waals surface area (Å²) < 4.78 is 0. The Kier molecular flexibility index (Phi) is 7.42. The maximum Gasteiger partial charge on any atom is 0.220 e. The van der Waals surface area contributed by atoms with Crippen LogP contribution in [0, 0.1) is 40.4 Å². The van der Waals surface area contributed by atoms with E-state index in [0.717, 1.165) is 63.6 Å². The highest BCUT2D eigenvalue weighted by Gasteiger charge is 2.62. The summed E-state index contributed by atoms with van der Waals surface area (Å²) in [5.74, 6) is 1.86. The minimum Gasteiger partial charge on any atom is -0.396 e. The monoisotopic (exact) mass is 453 g/mol. The topological polar surface area (TPSA) is 93.8 Å². The molecule has 0 aromatic carbocycles. The molecule has 0 aromatic rings. The van der Waals surface area contributed by atoms with Crippen LogP contribution >= 0.6 is 12.4 Å². The first-order valence-corrected chi connectivity index (χ1v) is 12.0. The number of primary amides is 1. The molecule has 4 fully saturated rings. The van der Waals surface area contributed by atoms with E-state index in [1.807, 2.05) is 7.05 Å². The summed E-state index contributed by atoms with van der Waals surface area (Å²) >= 11 is 0. The molecule has 6 nitrogen and oxygen atoms in total. The van der Waals surface area contributed by atoms with E-state index in [-0.39, 0.29) is 41.0 Å². The molecule has 0 heterocycles.